The van der Waals surface area contributed by atoms with Crippen LogP contribution in [-0.2, 0) is 22.5 Å². The molecular weight excluding hydrogens is 352 g/mol. The fraction of sp³-hybridized carbons (Fsp3) is 0.174. The first-order valence-corrected chi connectivity index (χ1v) is 9.23. The summed E-state index contributed by atoms with van der Waals surface area (Å²) >= 11 is 0. The van der Waals surface area contributed by atoms with Gasteiger partial charge in [-0.1, -0.05) is 30.3 Å². The van der Waals surface area contributed by atoms with Crippen LogP contribution < -0.4 is 9.88 Å². The van der Waals surface area contributed by atoms with Crippen LogP contribution >= 0.6 is 0 Å². The summed E-state index contributed by atoms with van der Waals surface area (Å²) in [6, 6.07) is 21.0. The Morgan fingerprint density at radius 2 is 1.54 bits per heavy atom. The minimum atomic E-state index is -0.369. The molecule has 1 aromatic heterocycles. The highest BCUT2D eigenvalue weighted by molar-refractivity contribution is 5.92. The van der Waals surface area contributed by atoms with Crippen molar-refractivity contribution in [2.45, 2.75) is 19.9 Å². The number of pyridine rings is 1. The largest absolute Gasteiger partial charge is 0.462 e. The van der Waals surface area contributed by atoms with Crippen LogP contribution in [0.25, 0.3) is 0 Å². The van der Waals surface area contributed by atoms with Crippen molar-refractivity contribution in [1.29, 1.82) is 0 Å². The Labute approximate surface area is 164 Å². The van der Waals surface area contributed by atoms with Crippen LogP contribution in [0.2, 0.25) is 0 Å². The second-order valence-corrected chi connectivity index (χ2v) is 6.39. The Balaban J connectivity index is 1.54. The first-order valence-electron chi connectivity index (χ1n) is 9.23. The number of ether oxygens (including phenoxy) is 1. The van der Waals surface area contributed by atoms with E-state index in [1.807, 2.05) is 47.3 Å². The normalized spacial score (nSPS) is 10.3. The maximum Gasteiger partial charge on any atom is 0.338 e. The molecule has 0 radical (unpaired) electrons. The molecule has 2 aromatic carbocycles. The predicted octanol–water partition coefficient (Wildman–Crippen LogP) is 3.38. The third-order valence-electron chi connectivity index (χ3n) is 4.22. The molecule has 5 heteroatoms. The summed E-state index contributed by atoms with van der Waals surface area (Å²) in [6.07, 6.45) is 4.67. The average Bonchev–Trinajstić information content (AvgIpc) is 2.71. The zero-order valence-corrected chi connectivity index (χ0v) is 15.8. The quantitative estimate of drug-likeness (QED) is 0.509. The lowest BCUT2D eigenvalue weighted by molar-refractivity contribution is -0.684. The summed E-state index contributed by atoms with van der Waals surface area (Å²) in [6.45, 7) is 2.31. The topological polar surface area (TPSA) is 59.3 Å². The number of anilines is 1. The van der Waals surface area contributed by atoms with Crippen molar-refractivity contribution in [2.24, 2.45) is 0 Å². The van der Waals surface area contributed by atoms with E-state index in [1.165, 1.54) is 11.1 Å². The third-order valence-corrected chi connectivity index (χ3v) is 4.22. The molecule has 3 aromatic rings. The van der Waals surface area contributed by atoms with Crippen LogP contribution in [0.3, 0.4) is 0 Å². The number of esters is 1. The standard InChI is InChI=1S/C23H22N2O3/c1-2-28-23(27)20-8-10-21(11-9-20)24-22(26)17-25-14-12-19(13-15-25)16-18-6-4-3-5-7-18/h3-15H,2,16-17H2,1H3/p+1. The predicted molar refractivity (Wildman–Crippen MR) is 107 cm³/mol. The first-order chi connectivity index (χ1) is 13.6. The van der Waals surface area contributed by atoms with Gasteiger partial charge >= 0.3 is 5.97 Å². The van der Waals surface area contributed by atoms with Crippen molar-refractivity contribution in [3.63, 3.8) is 0 Å². The number of benzene rings is 2. The lowest BCUT2D eigenvalue weighted by Crippen LogP contribution is -2.39. The first kappa shape index (κ1) is 19.3. The number of carbonyl (C=O) groups is 2. The minimum absolute atomic E-state index is 0.135. The maximum absolute atomic E-state index is 12.3. The molecule has 0 saturated carbocycles. The van der Waals surface area contributed by atoms with Crippen LogP contribution in [0.1, 0.15) is 28.4 Å². The van der Waals surface area contributed by atoms with Gasteiger partial charge in [0.05, 0.1) is 12.2 Å². The van der Waals surface area contributed by atoms with Crippen LogP contribution in [-0.4, -0.2) is 18.5 Å². The number of hydrogen-bond donors (Lipinski definition) is 1. The van der Waals surface area contributed by atoms with Gasteiger partial charge in [0.15, 0.2) is 12.4 Å². The van der Waals surface area contributed by atoms with Gasteiger partial charge in [0, 0.05) is 17.8 Å². The van der Waals surface area contributed by atoms with E-state index in [0.717, 1.165) is 6.42 Å². The van der Waals surface area contributed by atoms with Gasteiger partial charge in [0.1, 0.15) is 0 Å². The molecule has 3 rings (SSSR count). The highest BCUT2D eigenvalue weighted by Gasteiger charge is 2.11. The van der Waals surface area contributed by atoms with Gasteiger partial charge in [0.2, 0.25) is 6.54 Å². The summed E-state index contributed by atoms with van der Waals surface area (Å²) in [5.74, 6) is -0.504. The summed E-state index contributed by atoms with van der Waals surface area (Å²) in [5.41, 5.74) is 3.55. The van der Waals surface area contributed by atoms with Gasteiger partial charge in [-0.25, -0.2) is 4.79 Å². The summed E-state index contributed by atoms with van der Waals surface area (Å²) in [4.78, 5) is 23.9. The average molecular weight is 375 g/mol. The fourth-order valence-corrected chi connectivity index (χ4v) is 2.81. The molecule has 0 aliphatic carbocycles. The van der Waals surface area contributed by atoms with E-state index in [-0.39, 0.29) is 18.4 Å². The molecular formula is C23H23N2O3+. The minimum Gasteiger partial charge on any atom is -0.462 e. The Morgan fingerprint density at radius 1 is 0.893 bits per heavy atom. The van der Waals surface area contributed by atoms with Crippen molar-refractivity contribution in [1.82, 2.24) is 0 Å². The SMILES string of the molecule is CCOC(=O)c1ccc(NC(=O)C[n+]2ccc(Cc3ccccc3)cc2)cc1. The Bertz CT molecular complexity index is 920. The molecule has 1 N–H and O–H groups in total. The van der Waals surface area contributed by atoms with E-state index in [2.05, 4.69) is 17.4 Å². The van der Waals surface area contributed by atoms with E-state index in [0.29, 0.717) is 17.9 Å². The number of amides is 1. The van der Waals surface area contributed by atoms with Crippen LogP contribution in [0.4, 0.5) is 5.69 Å². The molecule has 0 saturated heterocycles. The Kier molecular flexibility index (Phi) is 6.52. The maximum atomic E-state index is 12.3. The Morgan fingerprint density at radius 3 is 2.18 bits per heavy atom. The molecule has 1 amide bonds. The molecule has 0 fully saturated rings. The third kappa shape index (κ3) is 5.51. The molecule has 142 valence electrons. The van der Waals surface area contributed by atoms with Crippen LogP contribution in [0.15, 0.2) is 79.1 Å². The smallest absolute Gasteiger partial charge is 0.338 e. The molecule has 1 heterocycles. The van der Waals surface area contributed by atoms with Gasteiger partial charge < -0.3 is 10.1 Å². The number of nitrogens with zero attached hydrogens (tertiary/aromatic N) is 1. The molecule has 0 bridgehead atoms. The van der Waals surface area contributed by atoms with E-state index in [4.69, 9.17) is 4.74 Å². The van der Waals surface area contributed by atoms with Crippen LogP contribution in [0.5, 0.6) is 0 Å². The van der Waals surface area contributed by atoms with E-state index >= 15 is 0 Å². The molecule has 5 nitrogen and oxygen atoms in total. The molecule has 0 atom stereocenters. The van der Waals surface area contributed by atoms with E-state index in [1.54, 1.807) is 31.2 Å². The summed E-state index contributed by atoms with van der Waals surface area (Å²) in [7, 11) is 0. The summed E-state index contributed by atoms with van der Waals surface area (Å²) < 4.78 is 6.78. The van der Waals surface area contributed by atoms with E-state index < -0.39 is 0 Å². The van der Waals surface area contributed by atoms with Crippen molar-refractivity contribution in [3.8, 4) is 0 Å². The number of nitrogens with one attached hydrogen (secondary N) is 1. The van der Waals surface area contributed by atoms with Crippen molar-refractivity contribution in [2.75, 3.05) is 11.9 Å². The van der Waals surface area contributed by atoms with Gasteiger partial charge in [-0.3, -0.25) is 4.79 Å². The lowest BCUT2D eigenvalue weighted by atomic mass is 10.1. The second kappa shape index (κ2) is 9.46. The number of aromatic nitrogens is 1. The van der Waals surface area contributed by atoms with Gasteiger partial charge in [-0.15, -0.1) is 0 Å². The van der Waals surface area contributed by atoms with Crippen molar-refractivity contribution < 1.29 is 18.9 Å². The lowest BCUT2D eigenvalue weighted by Gasteiger charge is -2.05. The monoisotopic (exact) mass is 375 g/mol. The van der Waals surface area contributed by atoms with Crippen molar-refractivity contribution >= 4 is 17.6 Å². The highest BCUT2D eigenvalue weighted by atomic mass is 16.5. The summed E-state index contributed by atoms with van der Waals surface area (Å²) in [5, 5.41) is 2.83. The molecule has 0 aliphatic heterocycles. The number of rotatable bonds is 7. The second-order valence-electron chi connectivity index (χ2n) is 6.39. The molecule has 0 unspecified atom stereocenters. The van der Waals surface area contributed by atoms with Gasteiger partial charge in [-0.05, 0) is 48.7 Å². The number of carbonyl (C=O) groups excluding carboxylic acids is 2. The van der Waals surface area contributed by atoms with Crippen LogP contribution in [0, 0.1) is 0 Å². The highest BCUT2D eigenvalue weighted by Crippen LogP contribution is 2.11. The van der Waals surface area contributed by atoms with Crippen molar-refractivity contribution in [3.05, 3.63) is 95.8 Å². The zero-order chi connectivity index (χ0) is 19.8. The number of hydrogen-bond acceptors (Lipinski definition) is 3. The zero-order valence-electron chi connectivity index (χ0n) is 15.8. The molecule has 0 spiro atoms. The molecule has 28 heavy (non-hydrogen) atoms. The Hall–Kier alpha value is -3.47. The van der Waals surface area contributed by atoms with Gasteiger partial charge in [0.25, 0.3) is 5.91 Å². The fourth-order valence-electron chi connectivity index (χ4n) is 2.81. The van der Waals surface area contributed by atoms with Gasteiger partial charge in [-0.2, -0.15) is 4.57 Å². The molecule has 0 aliphatic rings. The van der Waals surface area contributed by atoms with E-state index in [9.17, 15) is 9.59 Å².